The van der Waals surface area contributed by atoms with Crippen LogP contribution in [-0.4, -0.2) is 38.5 Å². The van der Waals surface area contributed by atoms with Gasteiger partial charge >= 0.3 is 0 Å². The predicted molar refractivity (Wildman–Crippen MR) is 71.0 cm³/mol. The molecule has 0 aromatic carbocycles. The van der Waals surface area contributed by atoms with E-state index in [2.05, 4.69) is 20.6 Å². The molecule has 7 nitrogen and oxygen atoms in total. The smallest absolute Gasteiger partial charge is 0.269 e. The van der Waals surface area contributed by atoms with Crippen LogP contribution in [0.25, 0.3) is 0 Å². The van der Waals surface area contributed by atoms with Crippen LogP contribution in [0.15, 0.2) is 24.7 Å². The molecule has 1 saturated heterocycles. The number of aromatic amines is 1. The van der Waals surface area contributed by atoms with Crippen LogP contribution in [-0.2, 0) is 11.8 Å². The summed E-state index contributed by atoms with van der Waals surface area (Å²) in [4.78, 5) is 12.1. The van der Waals surface area contributed by atoms with E-state index in [-0.39, 0.29) is 18.1 Å². The maximum absolute atomic E-state index is 12.1. The number of amides is 1. The second-order valence-electron chi connectivity index (χ2n) is 4.93. The third kappa shape index (κ3) is 2.57. The van der Waals surface area contributed by atoms with Gasteiger partial charge in [-0.2, -0.15) is 10.2 Å². The summed E-state index contributed by atoms with van der Waals surface area (Å²) in [5.74, 6) is -0.160. The minimum atomic E-state index is -0.160. The number of H-pyrrole nitrogens is 1. The van der Waals surface area contributed by atoms with Gasteiger partial charge < -0.3 is 10.1 Å². The van der Waals surface area contributed by atoms with Crippen molar-refractivity contribution in [2.45, 2.75) is 25.0 Å². The summed E-state index contributed by atoms with van der Waals surface area (Å²) in [6.45, 7) is 0.704. The van der Waals surface area contributed by atoms with Gasteiger partial charge in [0.15, 0.2) is 0 Å². The Kier molecular flexibility index (Phi) is 3.51. The molecule has 7 heteroatoms. The van der Waals surface area contributed by atoms with Crippen molar-refractivity contribution in [3.05, 3.63) is 35.9 Å². The number of aromatic nitrogens is 4. The molecule has 1 amide bonds. The van der Waals surface area contributed by atoms with Crippen molar-refractivity contribution >= 4 is 5.91 Å². The van der Waals surface area contributed by atoms with Crippen LogP contribution >= 0.6 is 0 Å². The van der Waals surface area contributed by atoms with Crippen LogP contribution in [0.2, 0.25) is 0 Å². The molecule has 1 aliphatic rings. The zero-order valence-corrected chi connectivity index (χ0v) is 11.2. The second kappa shape index (κ2) is 5.46. The van der Waals surface area contributed by atoms with Crippen molar-refractivity contribution in [3.8, 4) is 0 Å². The maximum atomic E-state index is 12.1. The minimum Gasteiger partial charge on any atom is -0.371 e. The zero-order valence-electron chi connectivity index (χ0n) is 11.2. The molecule has 1 fully saturated rings. The van der Waals surface area contributed by atoms with E-state index in [0.29, 0.717) is 12.3 Å². The average Bonchev–Trinajstić information content (AvgIpc) is 3.10. The molecular weight excluding hydrogens is 258 g/mol. The molecule has 2 aromatic heterocycles. The first-order chi connectivity index (χ1) is 9.74. The van der Waals surface area contributed by atoms with E-state index in [9.17, 15) is 4.79 Å². The summed E-state index contributed by atoms with van der Waals surface area (Å²) in [5.41, 5.74) is 1.45. The molecule has 3 heterocycles. The molecule has 0 bridgehead atoms. The predicted octanol–water partition coefficient (Wildman–Crippen LogP) is 0.793. The number of hydrogen-bond donors (Lipinski definition) is 2. The maximum Gasteiger partial charge on any atom is 0.269 e. The van der Waals surface area contributed by atoms with Crippen molar-refractivity contribution in [2.24, 2.45) is 7.05 Å². The molecule has 2 atom stereocenters. The summed E-state index contributed by atoms with van der Waals surface area (Å²) in [6.07, 6.45) is 6.94. The van der Waals surface area contributed by atoms with E-state index in [1.165, 1.54) is 0 Å². The highest BCUT2D eigenvalue weighted by Gasteiger charge is 2.30. The van der Waals surface area contributed by atoms with E-state index in [1.807, 2.05) is 13.2 Å². The summed E-state index contributed by atoms with van der Waals surface area (Å²) >= 11 is 0. The first-order valence-corrected chi connectivity index (χ1v) is 6.64. The standard InChI is InChI=1S/C13H17N5O2/c1-18-8-9(7-15-18)12-10(3-2-6-20-12)16-13(19)11-4-5-14-17-11/h4-5,7-8,10,12H,2-3,6H2,1H3,(H,14,17)(H,16,19)/t10-,12+/m0/s1. The van der Waals surface area contributed by atoms with Crippen molar-refractivity contribution < 1.29 is 9.53 Å². The lowest BCUT2D eigenvalue weighted by molar-refractivity contribution is -0.00955. The first-order valence-electron chi connectivity index (χ1n) is 6.64. The van der Waals surface area contributed by atoms with Gasteiger partial charge in [0.2, 0.25) is 0 Å². The van der Waals surface area contributed by atoms with E-state index >= 15 is 0 Å². The molecule has 1 aliphatic heterocycles. The van der Waals surface area contributed by atoms with E-state index < -0.39 is 0 Å². The Hall–Kier alpha value is -2.15. The zero-order chi connectivity index (χ0) is 13.9. The fourth-order valence-corrected chi connectivity index (χ4v) is 2.47. The molecule has 106 valence electrons. The van der Waals surface area contributed by atoms with Gasteiger partial charge in [0.05, 0.1) is 12.2 Å². The van der Waals surface area contributed by atoms with Gasteiger partial charge in [-0.3, -0.25) is 14.6 Å². The number of nitrogens with zero attached hydrogens (tertiary/aromatic N) is 3. The number of carbonyl (C=O) groups excluding carboxylic acids is 1. The van der Waals surface area contributed by atoms with Gasteiger partial charge in [0.25, 0.3) is 5.91 Å². The molecule has 0 aliphatic carbocycles. The van der Waals surface area contributed by atoms with Gasteiger partial charge in [0, 0.05) is 31.6 Å². The molecule has 0 spiro atoms. The van der Waals surface area contributed by atoms with Crippen molar-refractivity contribution in [3.63, 3.8) is 0 Å². The topological polar surface area (TPSA) is 84.8 Å². The van der Waals surface area contributed by atoms with E-state index in [0.717, 1.165) is 18.4 Å². The van der Waals surface area contributed by atoms with E-state index in [4.69, 9.17) is 4.74 Å². The molecule has 0 radical (unpaired) electrons. The Morgan fingerprint density at radius 3 is 3.20 bits per heavy atom. The van der Waals surface area contributed by atoms with Crippen molar-refractivity contribution in [1.82, 2.24) is 25.3 Å². The highest BCUT2D eigenvalue weighted by Crippen LogP contribution is 2.28. The summed E-state index contributed by atoms with van der Waals surface area (Å²) < 4.78 is 7.55. The van der Waals surface area contributed by atoms with Gasteiger partial charge in [0.1, 0.15) is 11.8 Å². The Morgan fingerprint density at radius 1 is 1.60 bits per heavy atom. The minimum absolute atomic E-state index is 0.0521. The lowest BCUT2D eigenvalue weighted by atomic mass is 9.98. The van der Waals surface area contributed by atoms with E-state index in [1.54, 1.807) is 23.1 Å². The summed E-state index contributed by atoms with van der Waals surface area (Å²) in [6, 6.07) is 1.60. The van der Waals surface area contributed by atoms with Gasteiger partial charge in [-0.25, -0.2) is 0 Å². The molecular formula is C13H17N5O2. The quantitative estimate of drug-likeness (QED) is 0.867. The third-order valence-electron chi connectivity index (χ3n) is 3.44. The van der Waals surface area contributed by atoms with Crippen LogP contribution in [0.3, 0.4) is 0 Å². The second-order valence-corrected chi connectivity index (χ2v) is 4.93. The van der Waals surface area contributed by atoms with Crippen LogP contribution < -0.4 is 5.32 Å². The highest BCUT2D eigenvalue weighted by molar-refractivity contribution is 5.92. The monoisotopic (exact) mass is 275 g/mol. The first kappa shape index (κ1) is 12.9. The van der Waals surface area contributed by atoms with Crippen LogP contribution in [0, 0.1) is 0 Å². The fourth-order valence-electron chi connectivity index (χ4n) is 2.47. The molecule has 0 unspecified atom stereocenters. The Labute approximate surface area is 116 Å². The Bertz CT molecular complexity index is 577. The van der Waals surface area contributed by atoms with Crippen molar-refractivity contribution in [1.29, 1.82) is 0 Å². The average molecular weight is 275 g/mol. The van der Waals surface area contributed by atoms with Gasteiger partial charge in [-0.05, 0) is 18.9 Å². The number of nitrogens with one attached hydrogen (secondary N) is 2. The molecule has 2 aromatic rings. The molecule has 3 rings (SSSR count). The lowest BCUT2D eigenvalue weighted by Gasteiger charge is -2.31. The largest absolute Gasteiger partial charge is 0.371 e. The number of ether oxygens (including phenoxy) is 1. The van der Waals surface area contributed by atoms with Crippen LogP contribution in [0.5, 0.6) is 0 Å². The van der Waals surface area contributed by atoms with Gasteiger partial charge in [-0.15, -0.1) is 0 Å². The lowest BCUT2D eigenvalue weighted by Crippen LogP contribution is -2.42. The fraction of sp³-hybridized carbons (Fsp3) is 0.462. The SMILES string of the molecule is Cn1cc([C@H]2OCCC[C@@H]2NC(=O)c2ccn[nH]2)cn1. The Balaban J connectivity index is 1.74. The normalized spacial score (nSPS) is 22.6. The molecule has 20 heavy (non-hydrogen) atoms. The number of aryl methyl sites for hydroxylation is 1. The third-order valence-corrected chi connectivity index (χ3v) is 3.44. The summed E-state index contributed by atoms with van der Waals surface area (Å²) in [7, 11) is 1.87. The van der Waals surface area contributed by atoms with Crippen LogP contribution in [0.4, 0.5) is 0 Å². The summed E-state index contributed by atoms with van der Waals surface area (Å²) in [5, 5.41) is 13.6. The van der Waals surface area contributed by atoms with Crippen molar-refractivity contribution in [2.75, 3.05) is 6.61 Å². The van der Waals surface area contributed by atoms with Gasteiger partial charge in [-0.1, -0.05) is 0 Å². The van der Waals surface area contributed by atoms with Crippen LogP contribution in [0.1, 0.15) is 35.0 Å². The Morgan fingerprint density at radius 2 is 2.50 bits per heavy atom. The number of hydrogen-bond acceptors (Lipinski definition) is 4. The number of rotatable bonds is 3. The highest BCUT2D eigenvalue weighted by atomic mass is 16.5. The molecule has 2 N–H and O–H groups in total. The number of carbonyl (C=O) groups is 1. The molecule has 0 saturated carbocycles.